The number of aryl methyl sites for hydroxylation is 2. The second kappa shape index (κ2) is 4.55. The van der Waals surface area contributed by atoms with E-state index in [0.717, 1.165) is 0 Å². The summed E-state index contributed by atoms with van der Waals surface area (Å²) in [4.78, 5) is 0. The molecule has 1 atom stereocenters. The van der Waals surface area contributed by atoms with Crippen molar-refractivity contribution in [2.45, 2.75) is 31.8 Å². The molecule has 17 heavy (non-hydrogen) atoms. The topological polar surface area (TPSA) is 46.0 Å². The first-order valence-electron chi connectivity index (χ1n) is 5.88. The molecule has 0 radical (unpaired) electrons. The van der Waals surface area contributed by atoms with E-state index in [1.54, 1.807) is 5.38 Å². The van der Waals surface area contributed by atoms with E-state index < -0.39 is 6.10 Å². The summed E-state index contributed by atoms with van der Waals surface area (Å²) in [6, 6.07) is 6.54. The van der Waals surface area contributed by atoms with E-state index in [2.05, 4.69) is 27.8 Å². The molecule has 3 rings (SSSR count). The van der Waals surface area contributed by atoms with Gasteiger partial charge in [0, 0.05) is 11.8 Å². The number of aromatic nitrogens is 2. The van der Waals surface area contributed by atoms with Gasteiger partial charge in [0.05, 0.1) is 0 Å². The second-order valence-corrected chi connectivity index (χ2v) is 5.12. The van der Waals surface area contributed by atoms with Crippen molar-refractivity contribution >= 4 is 11.5 Å². The SMILES string of the molecule is OC(Cc1ccc2c(c1)CCC2)c1csnn1. The highest BCUT2D eigenvalue weighted by Gasteiger charge is 2.14. The molecule has 0 aliphatic heterocycles. The maximum absolute atomic E-state index is 10.0. The number of aliphatic hydroxyl groups is 1. The fraction of sp³-hybridized carbons (Fsp3) is 0.385. The smallest absolute Gasteiger partial charge is 0.104 e. The van der Waals surface area contributed by atoms with E-state index in [9.17, 15) is 5.11 Å². The molecule has 1 aliphatic rings. The zero-order valence-electron chi connectivity index (χ0n) is 9.47. The zero-order valence-corrected chi connectivity index (χ0v) is 10.3. The van der Waals surface area contributed by atoms with Gasteiger partial charge in [0.15, 0.2) is 0 Å². The first-order valence-corrected chi connectivity index (χ1v) is 6.72. The minimum absolute atomic E-state index is 0.534. The van der Waals surface area contributed by atoms with Crippen LogP contribution in [0.3, 0.4) is 0 Å². The maximum Gasteiger partial charge on any atom is 0.104 e. The normalized spacial score (nSPS) is 15.8. The molecule has 1 unspecified atom stereocenters. The molecule has 0 saturated carbocycles. The average Bonchev–Trinajstić information content (AvgIpc) is 2.99. The number of hydrogen-bond donors (Lipinski definition) is 1. The van der Waals surface area contributed by atoms with Gasteiger partial charge in [-0.15, -0.1) is 5.10 Å². The Kier molecular flexibility index (Phi) is 2.91. The van der Waals surface area contributed by atoms with Crippen molar-refractivity contribution in [3.05, 3.63) is 46.0 Å². The van der Waals surface area contributed by atoms with Gasteiger partial charge in [0.1, 0.15) is 11.8 Å². The van der Waals surface area contributed by atoms with Gasteiger partial charge in [-0.25, -0.2) is 0 Å². The van der Waals surface area contributed by atoms with E-state index >= 15 is 0 Å². The van der Waals surface area contributed by atoms with Crippen molar-refractivity contribution in [2.75, 3.05) is 0 Å². The molecule has 0 bridgehead atoms. The van der Waals surface area contributed by atoms with Crippen LogP contribution in [0.5, 0.6) is 0 Å². The van der Waals surface area contributed by atoms with Crippen molar-refractivity contribution in [3.8, 4) is 0 Å². The molecule has 88 valence electrons. The third-order valence-electron chi connectivity index (χ3n) is 3.31. The summed E-state index contributed by atoms with van der Waals surface area (Å²) in [7, 11) is 0. The molecule has 1 heterocycles. The maximum atomic E-state index is 10.0. The molecule has 0 fully saturated rings. The van der Waals surface area contributed by atoms with Gasteiger partial charge in [-0.1, -0.05) is 22.7 Å². The molecule has 1 aromatic heterocycles. The average molecular weight is 246 g/mol. The first kappa shape index (κ1) is 10.9. The van der Waals surface area contributed by atoms with Crippen molar-refractivity contribution < 1.29 is 5.11 Å². The van der Waals surface area contributed by atoms with Gasteiger partial charge >= 0.3 is 0 Å². The van der Waals surface area contributed by atoms with Crippen molar-refractivity contribution in [1.29, 1.82) is 0 Å². The van der Waals surface area contributed by atoms with Crippen LogP contribution in [-0.4, -0.2) is 14.7 Å². The van der Waals surface area contributed by atoms with Crippen LogP contribution in [0.25, 0.3) is 0 Å². The zero-order chi connectivity index (χ0) is 11.7. The molecule has 3 nitrogen and oxygen atoms in total. The molecule has 0 saturated heterocycles. The highest BCUT2D eigenvalue weighted by Crippen LogP contribution is 2.25. The Morgan fingerprint density at radius 3 is 3.00 bits per heavy atom. The van der Waals surface area contributed by atoms with Gasteiger partial charge in [0.25, 0.3) is 0 Å². The van der Waals surface area contributed by atoms with Crippen LogP contribution >= 0.6 is 11.5 Å². The molecule has 0 spiro atoms. The lowest BCUT2D eigenvalue weighted by atomic mass is 10.0. The quantitative estimate of drug-likeness (QED) is 0.904. The monoisotopic (exact) mass is 246 g/mol. The van der Waals surface area contributed by atoms with Crippen LogP contribution in [0.15, 0.2) is 23.6 Å². The largest absolute Gasteiger partial charge is 0.386 e. The van der Waals surface area contributed by atoms with Gasteiger partial charge in [-0.2, -0.15) is 0 Å². The lowest BCUT2D eigenvalue weighted by Crippen LogP contribution is -2.02. The number of hydrogen-bond acceptors (Lipinski definition) is 4. The Labute approximate surface area is 104 Å². The van der Waals surface area contributed by atoms with E-state index in [-0.39, 0.29) is 0 Å². The van der Waals surface area contributed by atoms with E-state index in [1.807, 2.05) is 0 Å². The predicted molar refractivity (Wildman–Crippen MR) is 67.0 cm³/mol. The molecule has 4 heteroatoms. The Balaban J connectivity index is 1.77. The standard InChI is InChI=1S/C13H14N2OS/c16-13(12-8-17-15-14-12)7-9-4-5-10-2-1-3-11(10)6-9/h4-6,8,13,16H,1-3,7H2. The minimum Gasteiger partial charge on any atom is -0.386 e. The fourth-order valence-corrected chi connectivity index (χ4v) is 2.90. The lowest BCUT2D eigenvalue weighted by molar-refractivity contribution is 0.173. The van der Waals surface area contributed by atoms with Crippen LogP contribution in [0.2, 0.25) is 0 Å². The lowest BCUT2D eigenvalue weighted by Gasteiger charge is -2.09. The summed E-state index contributed by atoms with van der Waals surface area (Å²) >= 11 is 1.28. The Morgan fingerprint density at radius 1 is 1.29 bits per heavy atom. The summed E-state index contributed by atoms with van der Waals surface area (Å²) in [5.74, 6) is 0. The molecule has 1 aromatic carbocycles. The molecular formula is C13H14N2OS. The first-order chi connectivity index (χ1) is 8.33. The minimum atomic E-state index is -0.534. The van der Waals surface area contributed by atoms with Crippen LogP contribution < -0.4 is 0 Å². The molecule has 1 aliphatic carbocycles. The Bertz CT molecular complexity index is 510. The van der Waals surface area contributed by atoms with Gasteiger partial charge in [-0.3, -0.25) is 0 Å². The summed E-state index contributed by atoms with van der Waals surface area (Å²) in [6.45, 7) is 0. The molecule has 2 aromatic rings. The number of nitrogens with zero attached hydrogens (tertiary/aromatic N) is 2. The summed E-state index contributed by atoms with van der Waals surface area (Å²) in [6.07, 6.45) is 3.73. The Hall–Kier alpha value is -1.26. The highest BCUT2D eigenvalue weighted by atomic mass is 32.1. The number of aliphatic hydroxyl groups excluding tert-OH is 1. The summed E-state index contributed by atoms with van der Waals surface area (Å²) in [5.41, 5.74) is 4.78. The Morgan fingerprint density at radius 2 is 2.18 bits per heavy atom. The van der Waals surface area contributed by atoms with Gasteiger partial charge < -0.3 is 5.11 Å². The molecule has 1 N–H and O–H groups in total. The number of fused-ring (bicyclic) bond motifs is 1. The second-order valence-electron chi connectivity index (χ2n) is 4.51. The van der Waals surface area contributed by atoms with E-state index in [1.165, 1.54) is 47.5 Å². The summed E-state index contributed by atoms with van der Waals surface area (Å²) in [5, 5.41) is 15.7. The van der Waals surface area contributed by atoms with E-state index in [4.69, 9.17) is 0 Å². The van der Waals surface area contributed by atoms with E-state index in [0.29, 0.717) is 12.1 Å². The van der Waals surface area contributed by atoms with Gasteiger partial charge in [0.2, 0.25) is 0 Å². The van der Waals surface area contributed by atoms with Crippen LogP contribution in [-0.2, 0) is 19.3 Å². The fourth-order valence-electron chi connectivity index (χ4n) is 2.40. The molecular weight excluding hydrogens is 232 g/mol. The highest BCUT2D eigenvalue weighted by molar-refractivity contribution is 7.03. The van der Waals surface area contributed by atoms with Crippen molar-refractivity contribution in [2.24, 2.45) is 0 Å². The van der Waals surface area contributed by atoms with Crippen LogP contribution in [0, 0.1) is 0 Å². The summed E-state index contributed by atoms with van der Waals surface area (Å²) < 4.78 is 3.77. The third-order valence-corrected chi connectivity index (χ3v) is 3.83. The predicted octanol–water partition coefficient (Wildman–Crippen LogP) is 2.30. The number of rotatable bonds is 3. The third kappa shape index (κ3) is 2.23. The van der Waals surface area contributed by atoms with Gasteiger partial charge in [-0.05, 0) is 47.5 Å². The van der Waals surface area contributed by atoms with Crippen molar-refractivity contribution in [3.63, 3.8) is 0 Å². The van der Waals surface area contributed by atoms with Crippen LogP contribution in [0.1, 0.15) is 34.9 Å². The molecule has 0 amide bonds. The number of benzene rings is 1. The van der Waals surface area contributed by atoms with Crippen molar-refractivity contribution in [1.82, 2.24) is 9.59 Å². The van der Waals surface area contributed by atoms with Crippen LogP contribution in [0.4, 0.5) is 0 Å².